The van der Waals surface area contributed by atoms with Crippen LogP contribution in [0.2, 0.25) is 0 Å². The number of hydrogen-bond acceptors (Lipinski definition) is 3. The van der Waals surface area contributed by atoms with Gasteiger partial charge in [-0.2, -0.15) is 0 Å². The van der Waals surface area contributed by atoms with Gasteiger partial charge in [0.1, 0.15) is 0 Å². The molecular formula is C55H85NO3. The molecule has 0 aliphatic carbocycles. The van der Waals surface area contributed by atoms with Gasteiger partial charge in [-0.15, -0.1) is 0 Å². The molecule has 0 aliphatic rings. The van der Waals surface area contributed by atoms with Crippen LogP contribution in [0.25, 0.3) is 0 Å². The third-order valence-corrected chi connectivity index (χ3v) is 9.22. The molecule has 0 saturated carbocycles. The summed E-state index contributed by atoms with van der Waals surface area (Å²) in [5, 5.41) is 22.9. The van der Waals surface area contributed by atoms with Crippen LogP contribution in [-0.2, 0) is 4.79 Å². The Morgan fingerprint density at radius 3 is 1.17 bits per heavy atom. The first-order valence-corrected chi connectivity index (χ1v) is 23.2. The Kier molecular flexibility index (Phi) is 45.1. The predicted molar refractivity (Wildman–Crippen MR) is 261 cm³/mol. The van der Waals surface area contributed by atoms with Crippen LogP contribution >= 0.6 is 0 Å². The molecule has 0 fully saturated rings. The van der Waals surface area contributed by atoms with Crippen molar-refractivity contribution < 1.29 is 15.0 Å². The maximum Gasteiger partial charge on any atom is 0.220 e. The Morgan fingerprint density at radius 2 is 0.763 bits per heavy atom. The molecule has 4 nitrogen and oxygen atoms in total. The van der Waals surface area contributed by atoms with Gasteiger partial charge in [0.05, 0.1) is 18.8 Å². The lowest BCUT2D eigenvalue weighted by molar-refractivity contribution is -0.123. The second kappa shape index (κ2) is 48.4. The van der Waals surface area contributed by atoms with Crippen molar-refractivity contribution in [3.8, 4) is 0 Å². The fourth-order valence-electron chi connectivity index (χ4n) is 5.69. The highest BCUT2D eigenvalue weighted by molar-refractivity contribution is 5.76. The Hall–Kier alpha value is -3.99. The van der Waals surface area contributed by atoms with Gasteiger partial charge in [0.15, 0.2) is 0 Å². The van der Waals surface area contributed by atoms with E-state index in [1.807, 2.05) is 6.08 Å². The second-order valence-electron chi connectivity index (χ2n) is 14.7. The van der Waals surface area contributed by atoms with Gasteiger partial charge in [0, 0.05) is 6.42 Å². The normalized spacial score (nSPS) is 14.4. The lowest BCUT2D eigenvalue weighted by Crippen LogP contribution is -2.45. The average Bonchev–Trinajstić information content (AvgIpc) is 3.24. The van der Waals surface area contributed by atoms with Crippen LogP contribution in [-0.4, -0.2) is 34.9 Å². The number of aliphatic hydroxyl groups excluding tert-OH is 2. The number of unbranched alkanes of at least 4 members (excludes halogenated alkanes) is 8. The van der Waals surface area contributed by atoms with Crippen molar-refractivity contribution in [1.29, 1.82) is 0 Å². The molecule has 59 heavy (non-hydrogen) atoms. The molecule has 0 heterocycles. The minimum absolute atomic E-state index is 0.113. The highest BCUT2D eigenvalue weighted by Gasteiger charge is 2.17. The van der Waals surface area contributed by atoms with Crippen molar-refractivity contribution >= 4 is 5.91 Å². The van der Waals surface area contributed by atoms with E-state index < -0.39 is 12.1 Å². The number of allylic oxidation sites excluding steroid dienone is 25. The molecule has 4 heteroatoms. The number of rotatable bonds is 39. The molecule has 0 rings (SSSR count). The first kappa shape index (κ1) is 55.0. The summed E-state index contributed by atoms with van der Waals surface area (Å²) in [6.07, 6.45) is 79.3. The topological polar surface area (TPSA) is 69.6 Å². The number of carbonyl (C=O) groups excluding carboxylic acids is 1. The molecule has 0 aromatic rings. The van der Waals surface area contributed by atoms with Gasteiger partial charge in [-0.3, -0.25) is 4.79 Å². The molecule has 0 bridgehead atoms. The van der Waals surface area contributed by atoms with Crippen molar-refractivity contribution in [3.05, 3.63) is 158 Å². The molecule has 0 aromatic heterocycles. The highest BCUT2D eigenvalue weighted by Crippen LogP contribution is 2.08. The Labute approximate surface area is 363 Å². The number of amides is 1. The van der Waals surface area contributed by atoms with Crippen LogP contribution in [0.3, 0.4) is 0 Å². The third-order valence-electron chi connectivity index (χ3n) is 9.22. The van der Waals surface area contributed by atoms with E-state index in [1.54, 1.807) is 6.08 Å². The van der Waals surface area contributed by atoms with E-state index in [4.69, 9.17) is 0 Å². The fourth-order valence-corrected chi connectivity index (χ4v) is 5.69. The van der Waals surface area contributed by atoms with Gasteiger partial charge in [0.2, 0.25) is 5.91 Å². The van der Waals surface area contributed by atoms with Crippen LogP contribution < -0.4 is 5.32 Å². The van der Waals surface area contributed by atoms with Crippen LogP contribution in [0, 0.1) is 0 Å². The summed E-state index contributed by atoms with van der Waals surface area (Å²) in [5.41, 5.74) is 0. The molecule has 0 aliphatic heterocycles. The van der Waals surface area contributed by atoms with Crippen molar-refractivity contribution in [3.63, 3.8) is 0 Å². The van der Waals surface area contributed by atoms with Crippen molar-refractivity contribution in [2.24, 2.45) is 0 Å². The third kappa shape index (κ3) is 45.0. The monoisotopic (exact) mass is 808 g/mol. The summed E-state index contributed by atoms with van der Waals surface area (Å²) in [7, 11) is 0. The van der Waals surface area contributed by atoms with E-state index in [1.165, 1.54) is 19.3 Å². The zero-order valence-electron chi connectivity index (χ0n) is 37.4. The van der Waals surface area contributed by atoms with E-state index in [2.05, 4.69) is 165 Å². The van der Waals surface area contributed by atoms with Gasteiger partial charge >= 0.3 is 0 Å². The Morgan fingerprint density at radius 1 is 0.424 bits per heavy atom. The molecule has 2 unspecified atom stereocenters. The number of nitrogens with one attached hydrogen (secondary N) is 1. The fraction of sp³-hybridized carbons (Fsp3) is 0.509. The molecule has 2 atom stereocenters. The van der Waals surface area contributed by atoms with Crippen LogP contribution in [0.5, 0.6) is 0 Å². The van der Waals surface area contributed by atoms with Crippen molar-refractivity contribution in [2.75, 3.05) is 6.61 Å². The minimum atomic E-state index is -0.891. The second-order valence-corrected chi connectivity index (χ2v) is 14.7. The van der Waals surface area contributed by atoms with Crippen molar-refractivity contribution in [1.82, 2.24) is 5.32 Å². The predicted octanol–water partition coefficient (Wildman–Crippen LogP) is 15.1. The minimum Gasteiger partial charge on any atom is -0.394 e. The van der Waals surface area contributed by atoms with Gasteiger partial charge in [-0.1, -0.05) is 198 Å². The van der Waals surface area contributed by atoms with E-state index >= 15 is 0 Å². The van der Waals surface area contributed by atoms with Crippen LogP contribution in [0.4, 0.5) is 0 Å². The summed E-state index contributed by atoms with van der Waals surface area (Å²) >= 11 is 0. The highest BCUT2D eigenvalue weighted by atomic mass is 16.3. The molecule has 0 spiro atoms. The summed E-state index contributed by atoms with van der Waals surface area (Å²) in [6, 6.07) is -0.670. The summed E-state index contributed by atoms with van der Waals surface area (Å²) in [4.78, 5) is 12.4. The van der Waals surface area contributed by atoms with Gasteiger partial charge in [0.25, 0.3) is 0 Å². The van der Waals surface area contributed by atoms with Gasteiger partial charge in [-0.25, -0.2) is 0 Å². The molecular weight excluding hydrogens is 723 g/mol. The van der Waals surface area contributed by atoms with E-state index in [9.17, 15) is 15.0 Å². The summed E-state index contributed by atoms with van der Waals surface area (Å²) < 4.78 is 0. The first-order chi connectivity index (χ1) is 29.2. The molecule has 0 aromatic carbocycles. The number of carbonyl (C=O) groups is 1. The molecule has 0 radical (unpaired) electrons. The smallest absolute Gasteiger partial charge is 0.220 e. The maximum atomic E-state index is 12.4. The lowest BCUT2D eigenvalue weighted by atomic mass is 10.1. The zero-order valence-corrected chi connectivity index (χ0v) is 37.4. The maximum absolute atomic E-state index is 12.4. The zero-order chi connectivity index (χ0) is 42.8. The van der Waals surface area contributed by atoms with Crippen LogP contribution in [0.15, 0.2) is 158 Å². The Balaban J connectivity index is 3.77. The largest absolute Gasteiger partial charge is 0.394 e. The molecule has 328 valence electrons. The molecule has 1 amide bonds. The van der Waals surface area contributed by atoms with Gasteiger partial charge < -0.3 is 15.5 Å². The number of aliphatic hydroxyl groups is 2. The average molecular weight is 808 g/mol. The van der Waals surface area contributed by atoms with E-state index in [0.29, 0.717) is 6.42 Å². The Bertz CT molecular complexity index is 1330. The summed E-state index contributed by atoms with van der Waals surface area (Å²) in [6.45, 7) is 4.09. The SMILES string of the molecule is CC/C=C\C/C=C\C/C=C\C/C=C\C/C=C\C/C=C\C/C=C\C/C=C\C/C=C\C/C=C\CCCCCCC(=O)NC(CO)C(O)/C=C/CC/C=C/CC/C=C/CCCC. The van der Waals surface area contributed by atoms with Gasteiger partial charge in [-0.05, 0) is 116 Å². The summed E-state index contributed by atoms with van der Waals surface area (Å²) in [5.74, 6) is -0.113. The molecule has 3 N–H and O–H groups in total. The quantitative estimate of drug-likeness (QED) is 0.0428. The number of hydrogen-bond donors (Lipinski definition) is 3. The standard InChI is InChI=1S/C55H85NO3/c1-3-5-7-9-11-13-15-17-18-19-20-21-22-23-24-25-26-27-28-29-30-31-32-33-34-35-36-37-38-39-41-43-45-47-49-51-55(59)56-53(52-57)54(58)50-48-46-44-42-40-16-14-12-10-8-6-4-2/h5,7,10-13,17-18,20-21,23-24,26-27,29-30,32-33,35-36,38-40,42,48,50,53-54,57-58H,3-4,6,8-9,14-16,19,22,25,28,31,34,37,41,43-47,49,51-52H2,1-2H3,(H,56,59)/b7-5-,12-10+,13-11-,18-17-,21-20-,24-23-,27-26-,30-29-,33-32-,36-35-,39-38-,42-40+,50-48+. The van der Waals surface area contributed by atoms with E-state index in [-0.39, 0.29) is 12.5 Å². The molecule has 0 saturated heterocycles. The van der Waals surface area contributed by atoms with E-state index in [0.717, 1.165) is 122 Å². The van der Waals surface area contributed by atoms with Crippen molar-refractivity contribution in [2.45, 2.75) is 174 Å². The lowest BCUT2D eigenvalue weighted by Gasteiger charge is -2.19. The van der Waals surface area contributed by atoms with Crippen LogP contribution in [0.1, 0.15) is 162 Å². The first-order valence-electron chi connectivity index (χ1n) is 23.2.